The van der Waals surface area contributed by atoms with Crippen LogP contribution < -0.4 is 5.73 Å². The number of rotatable bonds is 3. The molecular weight excluding hydrogens is 330 g/mol. The molecule has 2 N–H and O–H groups in total. The number of nitrogens with zero attached hydrogens (tertiary/aromatic N) is 6. The Morgan fingerprint density at radius 1 is 1.23 bits per heavy atom. The number of benzene rings is 1. The summed E-state index contributed by atoms with van der Waals surface area (Å²) < 4.78 is 7.20. The predicted octanol–water partition coefficient (Wildman–Crippen LogP) is 2.51. The molecular formula is C18H17N7O. The van der Waals surface area contributed by atoms with E-state index in [2.05, 4.69) is 25.4 Å². The lowest BCUT2D eigenvalue weighted by molar-refractivity contribution is 0.229. The van der Waals surface area contributed by atoms with Gasteiger partial charge >= 0.3 is 0 Å². The molecule has 8 nitrogen and oxygen atoms in total. The second-order valence-electron chi connectivity index (χ2n) is 6.74. The lowest BCUT2D eigenvalue weighted by Crippen LogP contribution is -2.44. The minimum Gasteiger partial charge on any atom is -0.332 e. The molecule has 0 spiro atoms. The summed E-state index contributed by atoms with van der Waals surface area (Å²) in [4.78, 5) is 8.65. The van der Waals surface area contributed by atoms with Crippen LogP contribution in [-0.4, -0.2) is 30.1 Å². The lowest BCUT2D eigenvalue weighted by atomic mass is 9.77. The SMILES string of the molecule is Cc1c(-c2nc(C3(N)CCC3)no2)nnn1-c1cccc2cnccc12. The van der Waals surface area contributed by atoms with Crippen molar-refractivity contribution < 1.29 is 4.52 Å². The number of fused-ring (bicyclic) bond motifs is 1. The number of hydrogen-bond donors (Lipinski definition) is 1. The highest BCUT2D eigenvalue weighted by molar-refractivity contribution is 5.89. The largest absolute Gasteiger partial charge is 0.332 e. The molecule has 3 heterocycles. The lowest BCUT2D eigenvalue weighted by Gasteiger charge is -2.34. The second-order valence-corrected chi connectivity index (χ2v) is 6.74. The van der Waals surface area contributed by atoms with Crippen molar-refractivity contribution in [3.05, 3.63) is 48.2 Å². The Hall–Kier alpha value is -3.13. The van der Waals surface area contributed by atoms with E-state index in [1.807, 2.05) is 37.4 Å². The maximum absolute atomic E-state index is 6.28. The normalized spacial score (nSPS) is 15.9. The Morgan fingerprint density at radius 2 is 2.12 bits per heavy atom. The molecule has 0 unspecified atom stereocenters. The zero-order valence-electron chi connectivity index (χ0n) is 14.3. The average molecular weight is 347 g/mol. The van der Waals surface area contributed by atoms with Crippen LogP contribution in [0.25, 0.3) is 28.0 Å². The van der Waals surface area contributed by atoms with Crippen molar-refractivity contribution in [1.29, 1.82) is 0 Å². The number of aromatic nitrogens is 6. The van der Waals surface area contributed by atoms with Gasteiger partial charge in [0.15, 0.2) is 11.5 Å². The minimum atomic E-state index is -0.464. The molecule has 130 valence electrons. The fourth-order valence-corrected chi connectivity index (χ4v) is 3.35. The van der Waals surface area contributed by atoms with E-state index in [1.165, 1.54) is 0 Å². The van der Waals surface area contributed by atoms with Crippen LogP contribution in [0.2, 0.25) is 0 Å². The van der Waals surface area contributed by atoms with Crippen LogP contribution in [0.1, 0.15) is 30.8 Å². The quantitative estimate of drug-likeness (QED) is 0.606. The van der Waals surface area contributed by atoms with Crippen molar-refractivity contribution in [1.82, 2.24) is 30.1 Å². The van der Waals surface area contributed by atoms with Crippen molar-refractivity contribution in [2.45, 2.75) is 31.7 Å². The molecule has 3 aromatic heterocycles. The minimum absolute atomic E-state index is 0.349. The van der Waals surface area contributed by atoms with E-state index in [1.54, 1.807) is 10.9 Å². The van der Waals surface area contributed by atoms with Gasteiger partial charge in [0.2, 0.25) is 0 Å². The highest BCUT2D eigenvalue weighted by atomic mass is 16.5. The van der Waals surface area contributed by atoms with Gasteiger partial charge in [0.1, 0.15) is 0 Å². The molecule has 8 heteroatoms. The number of nitrogens with two attached hydrogens (primary N) is 1. The van der Waals surface area contributed by atoms with E-state index in [-0.39, 0.29) is 0 Å². The fourth-order valence-electron chi connectivity index (χ4n) is 3.35. The Labute approximate surface area is 149 Å². The molecule has 0 aliphatic heterocycles. The highest BCUT2D eigenvalue weighted by Crippen LogP contribution is 2.37. The topological polar surface area (TPSA) is 109 Å². The number of pyridine rings is 1. The number of hydrogen-bond acceptors (Lipinski definition) is 7. The molecule has 26 heavy (non-hydrogen) atoms. The zero-order valence-corrected chi connectivity index (χ0v) is 14.3. The fraction of sp³-hybridized carbons (Fsp3) is 0.278. The van der Waals surface area contributed by atoms with E-state index in [0.29, 0.717) is 17.4 Å². The van der Waals surface area contributed by atoms with Gasteiger partial charge in [0.25, 0.3) is 5.89 Å². The molecule has 5 rings (SSSR count). The van der Waals surface area contributed by atoms with Gasteiger partial charge in [-0.3, -0.25) is 4.98 Å². The highest BCUT2D eigenvalue weighted by Gasteiger charge is 2.39. The van der Waals surface area contributed by atoms with Crippen LogP contribution >= 0.6 is 0 Å². The first kappa shape index (κ1) is 15.2. The molecule has 1 aromatic carbocycles. The first-order valence-corrected chi connectivity index (χ1v) is 8.55. The molecule has 1 aliphatic rings. The summed E-state index contributed by atoms with van der Waals surface area (Å²) in [5.41, 5.74) is 8.13. The standard InChI is InChI=1S/C18H17N7O/c1-11-15(16-21-17(23-26-16)18(19)7-3-8-18)22-24-25(11)14-5-2-4-12-10-20-9-6-13(12)14/h2,4-6,9-10H,3,7-8,19H2,1H3. The molecule has 0 amide bonds. The van der Waals surface area contributed by atoms with Crippen molar-refractivity contribution in [2.24, 2.45) is 5.73 Å². The Kier molecular flexibility index (Phi) is 3.17. The van der Waals surface area contributed by atoms with Crippen LogP contribution in [-0.2, 0) is 5.54 Å². The van der Waals surface area contributed by atoms with E-state index >= 15 is 0 Å². The van der Waals surface area contributed by atoms with Crippen molar-refractivity contribution in [3.63, 3.8) is 0 Å². The molecule has 0 radical (unpaired) electrons. The molecule has 1 fully saturated rings. The third-order valence-electron chi connectivity index (χ3n) is 5.10. The Bertz CT molecular complexity index is 1100. The van der Waals surface area contributed by atoms with E-state index in [0.717, 1.165) is 41.4 Å². The van der Waals surface area contributed by atoms with Gasteiger partial charge in [0, 0.05) is 23.2 Å². The molecule has 0 saturated heterocycles. The summed E-state index contributed by atoms with van der Waals surface area (Å²) in [7, 11) is 0. The van der Waals surface area contributed by atoms with Crippen LogP contribution in [0.4, 0.5) is 0 Å². The van der Waals surface area contributed by atoms with Crippen molar-refractivity contribution >= 4 is 10.8 Å². The second kappa shape index (κ2) is 5.43. The summed E-state index contributed by atoms with van der Waals surface area (Å²) in [6.45, 7) is 1.93. The van der Waals surface area contributed by atoms with E-state index in [4.69, 9.17) is 10.3 Å². The van der Waals surface area contributed by atoms with Gasteiger partial charge in [-0.1, -0.05) is 22.5 Å². The van der Waals surface area contributed by atoms with Crippen LogP contribution in [0.3, 0.4) is 0 Å². The zero-order chi connectivity index (χ0) is 17.7. The summed E-state index contributed by atoms with van der Waals surface area (Å²) in [5, 5.41) is 14.7. The van der Waals surface area contributed by atoms with Crippen molar-refractivity contribution in [3.8, 4) is 17.3 Å². The first-order chi connectivity index (χ1) is 12.7. The monoisotopic (exact) mass is 347 g/mol. The van der Waals surface area contributed by atoms with Gasteiger partial charge in [-0.2, -0.15) is 4.98 Å². The molecule has 1 aliphatic carbocycles. The Morgan fingerprint density at radius 3 is 2.92 bits per heavy atom. The Balaban J connectivity index is 1.59. The molecule has 4 aromatic rings. The maximum Gasteiger partial charge on any atom is 0.280 e. The van der Waals surface area contributed by atoms with Gasteiger partial charge in [0.05, 0.1) is 16.9 Å². The van der Waals surface area contributed by atoms with E-state index in [9.17, 15) is 0 Å². The van der Waals surface area contributed by atoms with Gasteiger partial charge < -0.3 is 10.3 Å². The third-order valence-corrected chi connectivity index (χ3v) is 5.10. The van der Waals surface area contributed by atoms with E-state index < -0.39 is 5.54 Å². The predicted molar refractivity (Wildman–Crippen MR) is 94.4 cm³/mol. The maximum atomic E-state index is 6.28. The summed E-state index contributed by atoms with van der Waals surface area (Å²) in [6.07, 6.45) is 6.44. The molecule has 0 bridgehead atoms. The van der Waals surface area contributed by atoms with Gasteiger partial charge in [-0.05, 0) is 38.3 Å². The third kappa shape index (κ3) is 2.15. The molecule has 1 saturated carbocycles. The molecule has 0 atom stereocenters. The van der Waals surface area contributed by atoms with Gasteiger partial charge in [-0.15, -0.1) is 5.10 Å². The smallest absolute Gasteiger partial charge is 0.280 e. The van der Waals surface area contributed by atoms with Crippen LogP contribution in [0.5, 0.6) is 0 Å². The van der Waals surface area contributed by atoms with Gasteiger partial charge in [-0.25, -0.2) is 4.68 Å². The first-order valence-electron chi connectivity index (χ1n) is 8.55. The summed E-state index contributed by atoms with van der Waals surface area (Å²) in [6, 6.07) is 7.95. The van der Waals surface area contributed by atoms with Crippen molar-refractivity contribution in [2.75, 3.05) is 0 Å². The summed E-state index contributed by atoms with van der Waals surface area (Å²) >= 11 is 0. The average Bonchev–Trinajstić information content (AvgIpc) is 3.26. The summed E-state index contributed by atoms with van der Waals surface area (Å²) in [5.74, 6) is 0.895. The van der Waals surface area contributed by atoms with Crippen LogP contribution in [0, 0.1) is 6.92 Å². The van der Waals surface area contributed by atoms with Crippen LogP contribution in [0.15, 0.2) is 41.2 Å².